The Bertz CT molecular complexity index is 864. The van der Waals surface area contributed by atoms with Gasteiger partial charge in [0, 0.05) is 24.5 Å². The van der Waals surface area contributed by atoms with E-state index in [4.69, 9.17) is 5.73 Å². The van der Waals surface area contributed by atoms with Gasteiger partial charge in [-0.25, -0.2) is 4.98 Å². The fraction of sp³-hybridized carbons (Fsp3) is 0.609. The molecule has 2 aromatic rings. The van der Waals surface area contributed by atoms with Crippen LogP contribution < -0.4 is 11.1 Å². The molecule has 2 aliphatic carbocycles. The van der Waals surface area contributed by atoms with Gasteiger partial charge >= 0.3 is 0 Å². The first-order valence-electron chi connectivity index (χ1n) is 11.1. The lowest BCUT2D eigenvalue weighted by atomic mass is 9.78. The third kappa shape index (κ3) is 4.80. The average molecular weight is 414 g/mol. The second-order valence-corrected chi connectivity index (χ2v) is 9.79. The maximum absolute atomic E-state index is 12.3. The van der Waals surface area contributed by atoms with Gasteiger partial charge in [0.2, 0.25) is 5.91 Å². The fourth-order valence-electron chi connectivity index (χ4n) is 5.18. The van der Waals surface area contributed by atoms with Crippen LogP contribution in [0, 0.1) is 11.8 Å². The number of nitrogens with zero attached hydrogens (tertiary/aromatic N) is 1. The third-order valence-electron chi connectivity index (χ3n) is 6.77. The van der Waals surface area contributed by atoms with Crippen molar-refractivity contribution in [1.29, 1.82) is 0 Å². The maximum Gasteiger partial charge on any atom is 0.259 e. The van der Waals surface area contributed by atoms with Crippen molar-refractivity contribution in [1.82, 2.24) is 10.3 Å². The molecule has 0 unspecified atom stereocenters. The molecule has 4 rings (SSSR count). The molecule has 3 N–H and O–H groups in total. The number of nitrogens with two attached hydrogens (primary N) is 1. The highest BCUT2D eigenvalue weighted by Gasteiger charge is 2.29. The Labute approximate surface area is 176 Å². The molecule has 2 fully saturated rings. The Morgan fingerprint density at radius 2 is 1.83 bits per heavy atom. The SMILES string of the molecule is NC(=O)c1sc2ncccc2c1C1CCC(CNC(=O)CC2CCCCC2)CC1. The van der Waals surface area contributed by atoms with Crippen molar-refractivity contribution in [2.75, 3.05) is 6.54 Å². The van der Waals surface area contributed by atoms with Gasteiger partial charge in [-0.15, -0.1) is 11.3 Å². The Morgan fingerprint density at radius 1 is 1.07 bits per heavy atom. The molecule has 0 aromatic carbocycles. The first-order valence-corrected chi connectivity index (χ1v) is 11.9. The monoisotopic (exact) mass is 413 g/mol. The number of carbonyl (C=O) groups excluding carboxylic acids is 2. The van der Waals surface area contributed by atoms with Crippen molar-refractivity contribution < 1.29 is 9.59 Å². The number of amides is 2. The second kappa shape index (κ2) is 9.24. The molecule has 29 heavy (non-hydrogen) atoms. The van der Waals surface area contributed by atoms with Gasteiger partial charge in [0.25, 0.3) is 5.91 Å². The zero-order valence-corrected chi connectivity index (χ0v) is 17.8. The highest BCUT2D eigenvalue weighted by molar-refractivity contribution is 7.20. The fourth-order valence-corrected chi connectivity index (χ4v) is 6.26. The van der Waals surface area contributed by atoms with Crippen LogP contribution in [0.1, 0.15) is 85.4 Å². The van der Waals surface area contributed by atoms with Gasteiger partial charge in [-0.2, -0.15) is 0 Å². The summed E-state index contributed by atoms with van der Waals surface area (Å²) in [5.41, 5.74) is 6.77. The summed E-state index contributed by atoms with van der Waals surface area (Å²) in [6, 6.07) is 3.98. The van der Waals surface area contributed by atoms with Crippen LogP contribution in [0.5, 0.6) is 0 Å². The summed E-state index contributed by atoms with van der Waals surface area (Å²) in [6.07, 6.45) is 13.0. The van der Waals surface area contributed by atoms with Crippen molar-refractivity contribution in [3.05, 3.63) is 28.8 Å². The second-order valence-electron chi connectivity index (χ2n) is 8.80. The Morgan fingerprint density at radius 3 is 2.55 bits per heavy atom. The summed E-state index contributed by atoms with van der Waals surface area (Å²) in [4.78, 5) is 30.3. The number of thiophene rings is 1. The predicted molar refractivity (Wildman–Crippen MR) is 117 cm³/mol. The molecule has 0 aliphatic heterocycles. The standard InChI is InChI=1S/C23H31N3O2S/c24-22(28)21-20(18-7-4-12-25-23(18)29-21)17-10-8-16(9-11-17)14-26-19(27)13-15-5-2-1-3-6-15/h4,7,12,15-17H,1-3,5-6,8-11,13-14H2,(H2,24,28)(H,26,27). The molecule has 2 amide bonds. The highest BCUT2D eigenvalue weighted by atomic mass is 32.1. The highest BCUT2D eigenvalue weighted by Crippen LogP contribution is 2.43. The van der Waals surface area contributed by atoms with Gasteiger partial charge in [0.05, 0.1) is 4.88 Å². The zero-order valence-electron chi connectivity index (χ0n) is 17.0. The summed E-state index contributed by atoms with van der Waals surface area (Å²) in [7, 11) is 0. The minimum atomic E-state index is -0.347. The molecular weight excluding hydrogens is 382 g/mol. The van der Waals surface area contributed by atoms with Crippen molar-refractivity contribution in [3.63, 3.8) is 0 Å². The summed E-state index contributed by atoms with van der Waals surface area (Å²) < 4.78 is 0. The molecule has 2 aliphatic rings. The van der Waals surface area contributed by atoms with Crippen LogP contribution in [0.2, 0.25) is 0 Å². The van der Waals surface area contributed by atoms with E-state index in [9.17, 15) is 9.59 Å². The minimum absolute atomic E-state index is 0.227. The largest absolute Gasteiger partial charge is 0.365 e. The van der Waals surface area contributed by atoms with E-state index in [1.54, 1.807) is 6.20 Å². The molecule has 0 bridgehead atoms. The van der Waals surface area contributed by atoms with Gasteiger partial charge in [-0.3, -0.25) is 9.59 Å². The van der Waals surface area contributed by atoms with E-state index in [-0.39, 0.29) is 11.8 Å². The zero-order chi connectivity index (χ0) is 20.2. The van der Waals surface area contributed by atoms with Gasteiger partial charge in [-0.1, -0.05) is 25.3 Å². The molecule has 2 heterocycles. The minimum Gasteiger partial charge on any atom is -0.365 e. The lowest BCUT2D eigenvalue weighted by Crippen LogP contribution is -2.32. The van der Waals surface area contributed by atoms with Crippen LogP contribution in [0.3, 0.4) is 0 Å². The average Bonchev–Trinajstić information content (AvgIpc) is 3.13. The van der Waals surface area contributed by atoms with Gasteiger partial charge in [-0.05, 0) is 67.9 Å². The number of primary amides is 1. The number of nitrogens with one attached hydrogen (secondary N) is 1. The van der Waals surface area contributed by atoms with Gasteiger partial charge < -0.3 is 11.1 Å². The number of rotatable bonds is 6. The number of hydrogen-bond donors (Lipinski definition) is 2. The molecule has 156 valence electrons. The third-order valence-corrected chi connectivity index (χ3v) is 7.91. The molecule has 0 saturated heterocycles. The Balaban J connectivity index is 1.32. The van der Waals surface area contributed by atoms with Crippen LogP contribution in [-0.4, -0.2) is 23.3 Å². The molecule has 2 saturated carbocycles. The van der Waals surface area contributed by atoms with E-state index < -0.39 is 0 Å². The van der Waals surface area contributed by atoms with Gasteiger partial charge in [0.15, 0.2) is 0 Å². The maximum atomic E-state index is 12.3. The van der Waals surface area contributed by atoms with Crippen molar-refractivity contribution in [2.45, 2.75) is 70.1 Å². The Hall–Kier alpha value is -1.95. The Kier molecular flexibility index (Phi) is 6.48. The molecule has 6 heteroatoms. The summed E-state index contributed by atoms with van der Waals surface area (Å²) in [6.45, 7) is 0.785. The molecular formula is C23H31N3O2S. The molecule has 0 spiro atoms. The van der Waals surface area contributed by atoms with Crippen LogP contribution in [0.25, 0.3) is 10.2 Å². The molecule has 0 radical (unpaired) electrons. The summed E-state index contributed by atoms with van der Waals surface area (Å²) >= 11 is 1.41. The van der Waals surface area contributed by atoms with Crippen LogP contribution in [0.15, 0.2) is 18.3 Å². The quantitative estimate of drug-likeness (QED) is 0.716. The number of pyridine rings is 1. The van der Waals surface area contributed by atoms with E-state index >= 15 is 0 Å². The van der Waals surface area contributed by atoms with Crippen molar-refractivity contribution in [3.8, 4) is 0 Å². The van der Waals surface area contributed by atoms with E-state index in [0.717, 1.165) is 48.0 Å². The topological polar surface area (TPSA) is 85.1 Å². The van der Waals surface area contributed by atoms with E-state index in [1.165, 1.54) is 43.4 Å². The van der Waals surface area contributed by atoms with Crippen LogP contribution >= 0.6 is 11.3 Å². The van der Waals surface area contributed by atoms with Crippen LogP contribution in [0.4, 0.5) is 0 Å². The molecule has 0 atom stereocenters. The summed E-state index contributed by atoms with van der Waals surface area (Å²) in [5, 5.41) is 4.27. The first kappa shape index (κ1) is 20.3. The lowest BCUT2D eigenvalue weighted by molar-refractivity contribution is -0.122. The van der Waals surface area contributed by atoms with E-state index in [0.29, 0.717) is 29.1 Å². The molecule has 2 aromatic heterocycles. The van der Waals surface area contributed by atoms with Crippen LogP contribution in [-0.2, 0) is 4.79 Å². The number of fused-ring (bicyclic) bond motifs is 1. The lowest BCUT2D eigenvalue weighted by Gasteiger charge is -2.29. The van der Waals surface area contributed by atoms with Gasteiger partial charge in [0.1, 0.15) is 4.83 Å². The van der Waals surface area contributed by atoms with Crippen molar-refractivity contribution >= 4 is 33.4 Å². The number of carbonyl (C=O) groups is 2. The first-order chi connectivity index (χ1) is 14.1. The molecule has 5 nitrogen and oxygen atoms in total. The predicted octanol–water partition coefficient (Wildman–Crippen LogP) is 4.76. The smallest absolute Gasteiger partial charge is 0.259 e. The number of hydrogen-bond acceptors (Lipinski definition) is 4. The number of aromatic nitrogens is 1. The summed E-state index contributed by atoms with van der Waals surface area (Å²) in [5.74, 6) is 1.35. The van der Waals surface area contributed by atoms with Crippen molar-refractivity contribution in [2.24, 2.45) is 17.6 Å². The van der Waals surface area contributed by atoms with E-state index in [1.807, 2.05) is 6.07 Å². The normalized spacial score (nSPS) is 23.2. The van der Waals surface area contributed by atoms with E-state index in [2.05, 4.69) is 16.4 Å².